The van der Waals surface area contributed by atoms with Crippen LogP contribution in [0.1, 0.15) is 44.1 Å². The molecule has 0 heterocycles. The summed E-state index contributed by atoms with van der Waals surface area (Å²) >= 11 is 0. The Morgan fingerprint density at radius 2 is 1.49 bits per heavy atom. The number of rotatable bonds is 12. The normalized spacial score (nSPS) is 16.7. The molecule has 8 nitrogen and oxygen atoms in total. The third kappa shape index (κ3) is 8.74. The van der Waals surface area contributed by atoms with Crippen molar-refractivity contribution in [3.05, 3.63) is 96.9 Å². The van der Waals surface area contributed by atoms with Gasteiger partial charge in [-0.05, 0) is 85.0 Å². The molecule has 0 radical (unpaired) electrons. The lowest BCUT2D eigenvalue weighted by molar-refractivity contribution is -0.147. The molecule has 0 saturated heterocycles. The first-order chi connectivity index (χ1) is 21.6. The van der Waals surface area contributed by atoms with Gasteiger partial charge in [-0.25, -0.2) is 9.59 Å². The number of hydrogen-bond donors (Lipinski definition) is 1. The van der Waals surface area contributed by atoms with Crippen molar-refractivity contribution >= 4 is 17.9 Å². The van der Waals surface area contributed by atoms with Crippen LogP contribution in [0.3, 0.4) is 0 Å². The van der Waals surface area contributed by atoms with Crippen LogP contribution in [0.5, 0.6) is 11.5 Å². The predicted molar refractivity (Wildman–Crippen MR) is 167 cm³/mol. The van der Waals surface area contributed by atoms with Crippen molar-refractivity contribution in [2.24, 2.45) is 5.92 Å². The number of hydrogen-bond acceptors (Lipinski definition) is 8. The fourth-order valence-electron chi connectivity index (χ4n) is 5.18. The molecule has 0 aliphatic heterocycles. The van der Waals surface area contributed by atoms with Gasteiger partial charge in [0.2, 0.25) is 5.83 Å². The van der Waals surface area contributed by atoms with Gasteiger partial charge in [0.1, 0.15) is 17.6 Å². The van der Waals surface area contributed by atoms with Crippen LogP contribution in [0.4, 0.5) is 4.39 Å². The van der Waals surface area contributed by atoms with E-state index in [0.717, 1.165) is 35.1 Å². The van der Waals surface area contributed by atoms with Gasteiger partial charge in [-0.3, -0.25) is 4.79 Å². The van der Waals surface area contributed by atoms with Gasteiger partial charge in [0.05, 0.1) is 24.7 Å². The number of aliphatic hydroxyl groups excluding tert-OH is 1. The van der Waals surface area contributed by atoms with E-state index in [0.29, 0.717) is 29.9 Å². The third-order valence-corrected chi connectivity index (χ3v) is 7.75. The predicted octanol–water partition coefficient (Wildman–Crippen LogP) is 6.72. The van der Waals surface area contributed by atoms with Gasteiger partial charge in [-0.15, -0.1) is 0 Å². The van der Waals surface area contributed by atoms with Gasteiger partial charge in [0, 0.05) is 12.7 Å². The SMILES string of the molecule is C=C(F)C(=O)OC1CCC(c2ccc(-c3cc(-c4ccc(OC(=O)C(C)COC)cc4)ccc3OC(=O)C(=C)CO)cc2)CC1. The molecule has 1 fully saturated rings. The Labute approximate surface area is 262 Å². The largest absolute Gasteiger partial charge is 0.457 e. The molecular formula is C36H37FO8. The fraction of sp³-hybridized carbons (Fsp3) is 0.306. The lowest BCUT2D eigenvalue weighted by Crippen LogP contribution is -2.23. The van der Waals surface area contributed by atoms with E-state index in [9.17, 15) is 23.9 Å². The average Bonchev–Trinajstić information content (AvgIpc) is 3.05. The minimum atomic E-state index is -1.09. The highest BCUT2D eigenvalue weighted by molar-refractivity contribution is 5.91. The number of esters is 3. The molecule has 1 atom stereocenters. The minimum Gasteiger partial charge on any atom is -0.457 e. The molecule has 3 aromatic rings. The Morgan fingerprint density at radius 3 is 2.09 bits per heavy atom. The van der Waals surface area contributed by atoms with Crippen molar-refractivity contribution in [1.29, 1.82) is 0 Å². The molecular weight excluding hydrogens is 579 g/mol. The number of methoxy groups -OCH3 is 1. The van der Waals surface area contributed by atoms with E-state index in [1.165, 1.54) is 7.11 Å². The van der Waals surface area contributed by atoms with Crippen LogP contribution in [-0.4, -0.2) is 49.4 Å². The molecule has 45 heavy (non-hydrogen) atoms. The van der Waals surface area contributed by atoms with Gasteiger partial charge >= 0.3 is 17.9 Å². The molecule has 4 rings (SSSR count). The second kappa shape index (κ2) is 15.4. The number of carbonyl (C=O) groups excluding carboxylic acids is 3. The van der Waals surface area contributed by atoms with Crippen molar-refractivity contribution in [1.82, 2.24) is 0 Å². The van der Waals surface area contributed by atoms with Crippen LogP contribution in [-0.2, 0) is 23.9 Å². The number of halogens is 1. The lowest BCUT2D eigenvalue weighted by Gasteiger charge is -2.28. The zero-order chi connectivity index (χ0) is 32.5. The first kappa shape index (κ1) is 33.3. The van der Waals surface area contributed by atoms with Crippen LogP contribution in [0.2, 0.25) is 0 Å². The second-order valence-electron chi connectivity index (χ2n) is 11.1. The smallest absolute Gasteiger partial charge is 0.366 e. The summed E-state index contributed by atoms with van der Waals surface area (Å²) in [6.45, 7) is 8.03. The molecule has 1 aliphatic rings. The number of ether oxygens (including phenoxy) is 4. The summed E-state index contributed by atoms with van der Waals surface area (Å²) in [4.78, 5) is 36.3. The standard InChI is InChI=1S/C36H37FO8/c1-22(20-38)34(39)45-33-18-13-29(27-11-16-30(17-12-27)43-35(40)23(2)21-42-4)19-32(33)28-7-5-25(6-8-28)26-9-14-31(15-10-26)44-36(41)24(3)37/h5-8,11-13,16-19,23,26,31,38H,1,3,9-10,14-15,20-21H2,2,4H3. The quantitative estimate of drug-likeness (QED) is 0.136. The summed E-state index contributed by atoms with van der Waals surface area (Å²) in [5, 5.41) is 9.35. The van der Waals surface area contributed by atoms with Gasteiger partial charge in [-0.2, -0.15) is 4.39 Å². The molecule has 0 amide bonds. The Kier molecular flexibility index (Phi) is 11.4. The van der Waals surface area contributed by atoms with Crippen molar-refractivity contribution in [3.63, 3.8) is 0 Å². The van der Waals surface area contributed by atoms with Crippen LogP contribution in [0.25, 0.3) is 22.3 Å². The highest BCUT2D eigenvalue weighted by Gasteiger charge is 2.26. The summed E-state index contributed by atoms with van der Waals surface area (Å²) in [6, 6.07) is 20.5. The minimum absolute atomic E-state index is 0.0672. The average molecular weight is 617 g/mol. The van der Waals surface area contributed by atoms with E-state index >= 15 is 0 Å². The third-order valence-electron chi connectivity index (χ3n) is 7.75. The molecule has 236 valence electrons. The van der Waals surface area contributed by atoms with Crippen LogP contribution >= 0.6 is 0 Å². The molecule has 0 aromatic heterocycles. The summed E-state index contributed by atoms with van der Waals surface area (Å²) in [7, 11) is 1.53. The first-order valence-corrected chi connectivity index (χ1v) is 14.7. The zero-order valence-electron chi connectivity index (χ0n) is 25.4. The zero-order valence-corrected chi connectivity index (χ0v) is 25.4. The summed E-state index contributed by atoms with van der Waals surface area (Å²) in [6.07, 6.45) is 2.51. The van der Waals surface area contributed by atoms with E-state index in [4.69, 9.17) is 18.9 Å². The van der Waals surface area contributed by atoms with Crippen LogP contribution in [0.15, 0.2) is 91.3 Å². The van der Waals surface area contributed by atoms with Gasteiger partial charge in [-0.1, -0.05) is 55.6 Å². The van der Waals surface area contributed by atoms with E-state index < -0.39 is 30.3 Å². The Morgan fingerprint density at radius 1 is 0.867 bits per heavy atom. The van der Waals surface area contributed by atoms with Gasteiger partial charge < -0.3 is 24.1 Å². The summed E-state index contributed by atoms with van der Waals surface area (Å²) < 4.78 is 34.3. The van der Waals surface area contributed by atoms with Crippen LogP contribution < -0.4 is 9.47 Å². The Balaban J connectivity index is 1.55. The topological polar surface area (TPSA) is 108 Å². The first-order valence-electron chi connectivity index (χ1n) is 14.7. The molecule has 9 heteroatoms. The van der Waals surface area contributed by atoms with Crippen molar-refractivity contribution in [2.45, 2.75) is 44.6 Å². The van der Waals surface area contributed by atoms with Gasteiger partial charge in [0.15, 0.2) is 0 Å². The second-order valence-corrected chi connectivity index (χ2v) is 11.1. The molecule has 1 unspecified atom stereocenters. The Hall–Kier alpha value is -4.60. The molecule has 1 aliphatic carbocycles. The van der Waals surface area contributed by atoms with E-state index in [1.807, 2.05) is 48.5 Å². The van der Waals surface area contributed by atoms with Gasteiger partial charge in [0.25, 0.3) is 0 Å². The summed E-state index contributed by atoms with van der Waals surface area (Å²) in [5.74, 6) is -2.63. The fourth-order valence-corrected chi connectivity index (χ4v) is 5.18. The molecule has 0 bridgehead atoms. The van der Waals surface area contributed by atoms with E-state index in [1.54, 1.807) is 25.1 Å². The maximum absolute atomic E-state index is 13.0. The van der Waals surface area contributed by atoms with Crippen molar-refractivity contribution < 1.29 is 42.8 Å². The maximum Gasteiger partial charge on any atom is 0.366 e. The van der Waals surface area contributed by atoms with E-state index in [2.05, 4.69) is 13.2 Å². The highest BCUT2D eigenvalue weighted by Crippen LogP contribution is 2.38. The molecule has 0 spiro atoms. The Bertz CT molecular complexity index is 1540. The monoisotopic (exact) mass is 616 g/mol. The van der Waals surface area contributed by atoms with Crippen LogP contribution in [0, 0.1) is 5.92 Å². The van der Waals surface area contributed by atoms with Crippen molar-refractivity contribution in [2.75, 3.05) is 20.3 Å². The lowest BCUT2D eigenvalue weighted by atomic mass is 9.82. The molecule has 3 aromatic carbocycles. The molecule has 1 N–H and O–H groups in total. The number of carbonyl (C=O) groups is 3. The maximum atomic E-state index is 13.0. The molecule has 1 saturated carbocycles. The van der Waals surface area contributed by atoms with Crippen molar-refractivity contribution in [3.8, 4) is 33.8 Å². The number of aliphatic hydroxyl groups is 1. The highest BCUT2D eigenvalue weighted by atomic mass is 19.1. The van der Waals surface area contributed by atoms with E-state index in [-0.39, 0.29) is 30.2 Å². The number of benzene rings is 3. The summed E-state index contributed by atoms with van der Waals surface area (Å²) in [5.41, 5.74) is 4.20.